The number of fused-ring (bicyclic) bond motifs is 1. The first-order chi connectivity index (χ1) is 11.2. The molecule has 4 aliphatic rings. The van der Waals surface area contributed by atoms with E-state index < -0.39 is 0 Å². The highest BCUT2D eigenvalue weighted by Gasteiger charge is 2.51. The van der Waals surface area contributed by atoms with Gasteiger partial charge in [-0.3, -0.25) is 9.59 Å². The van der Waals surface area contributed by atoms with E-state index in [1.807, 2.05) is 0 Å². The fourth-order valence-electron chi connectivity index (χ4n) is 4.87. The lowest BCUT2D eigenvalue weighted by atomic mass is 9.67. The molecule has 2 aliphatic carbocycles. The Morgan fingerprint density at radius 2 is 1.83 bits per heavy atom. The largest absolute Gasteiger partial charge is 0.353 e. The Labute approximate surface area is 138 Å². The van der Waals surface area contributed by atoms with Crippen LogP contribution >= 0.6 is 0 Å². The van der Waals surface area contributed by atoms with Crippen LogP contribution in [0.1, 0.15) is 51.4 Å². The van der Waals surface area contributed by atoms with E-state index in [1.165, 1.54) is 19.3 Å². The minimum Gasteiger partial charge on any atom is -0.353 e. The van der Waals surface area contributed by atoms with Crippen molar-refractivity contribution in [2.45, 2.75) is 57.4 Å². The zero-order valence-corrected chi connectivity index (χ0v) is 14.0. The van der Waals surface area contributed by atoms with E-state index in [9.17, 15) is 9.59 Å². The third-order valence-electron chi connectivity index (χ3n) is 6.54. The summed E-state index contributed by atoms with van der Waals surface area (Å²) in [6, 6.07) is 0.272. The number of nitrogens with one attached hydrogen (secondary N) is 2. The quantitative estimate of drug-likeness (QED) is 0.824. The van der Waals surface area contributed by atoms with E-state index >= 15 is 0 Å². The van der Waals surface area contributed by atoms with Crippen molar-refractivity contribution in [2.24, 2.45) is 17.3 Å². The standard InChI is InChI=1S/C18H29N3O2/c22-16(13-4-5-13)20-15-6-9-21(10-7-15)17(23)18-8-2-1-3-14(18)11-19-12-18/h13-15,19H,1-12H2,(H,20,22)/t14-,18+/m0/s1. The number of carbonyl (C=O) groups is 2. The van der Waals surface area contributed by atoms with Gasteiger partial charge in [-0.1, -0.05) is 12.8 Å². The van der Waals surface area contributed by atoms with Crippen LogP contribution in [0, 0.1) is 17.3 Å². The summed E-state index contributed by atoms with van der Waals surface area (Å²) < 4.78 is 0. The van der Waals surface area contributed by atoms with Crippen LogP contribution in [-0.4, -0.2) is 48.9 Å². The second kappa shape index (κ2) is 6.08. The minimum absolute atomic E-state index is 0.123. The average Bonchev–Trinajstić information content (AvgIpc) is 3.34. The predicted octanol–water partition coefficient (Wildman–Crippen LogP) is 1.28. The molecule has 2 atom stereocenters. The molecule has 0 spiro atoms. The Bertz CT molecular complexity index is 483. The smallest absolute Gasteiger partial charge is 0.230 e. The topological polar surface area (TPSA) is 61.4 Å². The number of hydrogen-bond donors (Lipinski definition) is 2. The van der Waals surface area contributed by atoms with Gasteiger partial charge in [0.25, 0.3) is 0 Å². The van der Waals surface area contributed by atoms with Crippen LogP contribution in [0.15, 0.2) is 0 Å². The molecular formula is C18H29N3O2. The zero-order chi connectivity index (χ0) is 15.9. The summed E-state index contributed by atoms with van der Waals surface area (Å²) in [5.74, 6) is 1.44. The summed E-state index contributed by atoms with van der Waals surface area (Å²) in [5, 5.41) is 6.65. The molecule has 4 fully saturated rings. The van der Waals surface area contributed by atoms with Gasteiger partial charge in [0.1, 0.15) is 0 Å². The predicted molar refractivity (Wildman–Crippen MR) is 87.7 cm³/mol. The van der Waals surface area contributed by atoms with Crippen LogP contribution in [0.5, 0.6) is 0 Å². The maximum atomic E-state index is 13.2. The molecule has 0 radical (unpaired) electrons. The average molecular weight is 319 g/mol. The van der Waals surface area contributed by atoms with Crippen LogP contribution in [0.2, 0.25) is 0 Å². The molecule has 0 aromatic heterocycles. The molecule has 0 unspecified atom stereocenters. The fraction of sp³-hybridized carbons (Fsp3) is 0.889. The molecule has 2 saturated heterocycles. The second-order valence-electron chi connectivity index (χ2n) is 8.08. The Morgan fingerprint density at radius 3 is 2.57 bits per heavy atom. The van der Waals surface area contributed by atoms with Crippen LogP contribution in [0.4, 0.5) is 0 Å². The van der Waals surface area contributed by atoms with Crippen molar-refractivity contribution in [3.05, 3.63) is 0 Å². The number of piperidine rings is 1. The van der Waals surface area contributed by atoms with Gasteiger partial charge >= 0.3 is 0 Å². The Hall–Kier alpha value is -1.10. The van der Waals surface area contributed by atoms with E-state index in [4.69, 9.17) is 0 Å². The zero-order valence-electron chi connectivity index (χ0n) is 14.0. The molecule has 128 valence electrons. The van der Waals surface area contributed by atoms with E-state index in [0.29, 0.717) is 11.8 Å². The monoisotopic (exact) mass is 319 g/mol. The van der Waals surface area contributed by atoms with Crippen molar-refractivity contribution in [2.75, 3.05) is 26.2 Å². The molecule has 2 amide bonds. The molecule has 5 nitrogen and oxygen atoms in total. The van der Waals surface area contributed by atoms with E-state index in [0.717, 1.165) is 58.3 Å². The Morgan fingerprint density at radius 1 is 1.04 bits per heavy atom. The van der Waals surface area contributed by atoms with Gasteiger partial charge in [-0.15, -0.1) is 0 Å². The van der Waals surface area contributed by atoms with Gasteiger partial charge in [0.05, 0.1) is 5.41 Å². The van der Waals surface area contributed by atoms with Crippen molar-refractivity contribution in [3.8, 4) is 0 Å². The summed E-state index contributed by atoms with van der Waals surface area (Å²) in [5.41, 5.74) is -0.123. The Kier molecular flexibility index (Phi) is 4.08. The highest BCUT2D eigenvalue weighted by Crippen LogP contribution is 2.45. The van der Waals surface area contributed by atoms with Gasteiger partial charge in [-0.2, -0.15) is 0 Å². The van der Waals surface area contributed by atoms with Gasteiger partial charge in [0.2, 0.25) is 11.8 Å². The molecule has 2 N–H and O–H groups in total. The molecule has 2 aliphatic heterocycles. The fourth-order valence-corrected chi connectivity index (χ4v) is 4.87. The first-order valence-corrected chi connectivity index (χ1v) is 9.49. The second-order valence-corrected chi connectivity index (χ2v) is 8.08. The molecule has 4 rings (SSSR count). The van der Waals surface area contributed by atoms with Crippen LogP contribution in [-0.2, 0) is 9.59 Å². The molecule has 2 saturated carbocycles. The number of hydrogen-bond acceptors (Lipinski definition) is 3. The first-order valence-electron chi connectivity index (χ1n) is 9.49. The van der Waals surface area contributed by atoms with Crippen molar-refractivity contribution in [1.29, 1.82) is 0 Å². The number of carbonyl (C=O) groups excluding carboxylic acids is 2. The van der Waals surface area contributed by atoms with E-state index in [2.05, 4.69) is 15.5 Å². The van der Waals surface area contributed by atoms with Gasteiger partial charge in [0, 0.05) is 31.6 Å². The molecule has 0 bridgehead atoms. The molecule has 23 heavy (non-hydrogen) atoms. The summed E-state index contributed by atoms with van der Waals surface area (Å²) >= 11 is 0. The van der Waals surface area contributed by atoms with Crippen molar-refractivity contribution < 1.29 is 9.59 Å². The number of amides is 2. The number of nitrogens with zero attached hydrogens (tertiary/aromatic N) is 1. The summed E-state index contributed by atoms with van der Waals surface area (Å²) in [7, 11) is 0. The molecule has 0 aromatic carbocycles. The lowest BCUT2D eigenvalue weighted by Crippen LogP contribution is -2.54. The van der Waals surface area contributed by atoms with E-state index in [-0.39, 0.29) is 23.3 Å². The lowest BCUT2D eigenvalue weighted by Gasteiger charge is -2.43. The molecule has 2 heterocycles. The van der Waals surface area contributed by atoms with Gasteiger partial charge in [-0.25, -0.2) is 0 Å². The van der Waals surface area contributed by atoms with Crippen LogP contribution in [0.3, 0.4) is 0 Å². The maximum absolute atomic E-state index is 13.2. The van der Waals surface area contributed by atoms with Crippen LogP contribution in [0.25, 0.3) is 0 Å². The van der Waals surface area contributed by atoms with Gasteiger partial charge < -0.3 is 15.5 Å². The van der Waals surface area contributed by atoms with Crippen molar-refractivity contribution in [3.63, 3.8) is 0 Å². The SMILES string of the molecule is O=C(NC1CCN(C(=O)[C@@]23CCCC[C@H]2CNC3)CC1)C1CC1. The molecule has 0 aromatic rings. The van der Waals surface area contributed by atoms with Gasteiger partial charge in [-0.05, 0) is 51.0 Å². The normalized spacial score (nSPS) is 35.0. The van der Waals surface area contributed by atoms with Crippen molar-refractivity contribution in [1.82, 2.24) is 15.5 Å². The summed E-state index contributed by atoms with van der Waals surface area (Å²) in [6.07, 6.45) is 8.67. The highest BCUT2D eigenvalue weighted by molar-refractivity contribution is 5.84. The molecule has 5 heteroatoms. The molecular weight excluding hydrogens is 290 g/mol. The number of rotatable bonds is 3. The summed E-state index contributed by atoms with van der Waals surface area (Å²) in [4.78, 5) is 27.2. The first kappa shape index (κ1) is 15.4. The third kappa shape index (κ3) is 2.88. The van der Waals surface area contributed by atoms with Crippen molar-refractivity contribution >= 4 is 11.8 Å². The minimum atomic E-state index is -0.123. The van der Waals surface area contributed by atoms with E-state index in [1.54, 1.807) is 0 Å². The van der Waals surface area contributed by atoms with Crippen LogP contribution < -0.4 is 10.6 Å². The maximum Gasteiger partial charge on any atom is 0.230 e. The third-order valence-corrected chi connectivity index (χ3v) is 6.54. The number of likely N-dealkylation sites (tertiary alicyclic amines) is 1. The highest BCUT2D eigenvalue weighted by atomic mass is 16.2. The Balaban J connectivity index is 1.34. The van der Waals surface area contributed by atoms with Gasteiger partial charge in [0.15, 0.2) is 0 Å². The summed E-state index contributed by atoms with van der Waals surface area (Å²) in [6.45, 7) is 3.50. The lowest BCUT2D eigenvalue weighted by molar-refractivity contribution is -0.146.